The van der Waals surface area contributed by atoms with Gasteiger partial charge in [0.25, 0.3) is 0 Å². The lowest BCUT2D eigenvalue weighted by Gasteiger charge is -2.46. The van der Waals surface area contributed by atoms with Crippen LogP contribution in [0.5, 0.6) is 0 Å². The highest BCUT2D eigenvalue weighted by molar-refractivity contribution is 5.71. The maximum atomic E-state index is 11.9. The fourth-order valence-corrected chi connectivity index (χ4v) is 3.53. The third-order valence-electron chi connectivity index (χ3n) is 4.39. The first kappa shape index (κ1) is 16.3. The Morgan fingerprint density at radius 3 is 2.53 bits per heavy atom. The number of carbonyl (C=O) groups excluding carboxylic acids is 1. The Hall–Kier alpha value is -0.790. The van der Waals surface area contributed by atoms with Crippen molar-refractivity contribution < 1.29 is 9.53 Å². The third kappa shape index (κ3) is 4.09. The largest absolute Gasteiger partial charge is 0.466 e. The Balaban J connectivity index is 2.96. The van der Waals surface area contributed by atoms with E-state index >= 15 is 0 Å². The Kier molecular flexibility index (Phi) is 5.64. The van der Waals surface area contributed by atoms with E-state index in [1.54, 1.807) is 0 Å². The molecule has 1 saturated carbocycles. The quantitative estimate of drug-likeness (QED) is 0.523. The zero-order chi connectivity index (χ0) is 14.5. The normalized spacial score (nSPS) is 28.4. The lowest BCUT2D eigenvalue weighted by atomic mass is 9.59. The Morgan fingerprint density at radius 1 is 1.26 bits per heavy atom. The molecule has 0 bridgehead atoms. The molecular formula is C17H30O2. The van der Waals surface area contributed by atoms with Crippen LogP contribution in [0.1, 0.15) is 73.1 Å². The van der Waals surface area contributed by atoms with Crippen LogP contribution in [0.25, 0.3) is 0 Å². The zero-order valence-corrected chi connectivity index (χ0v) is 13.3. The van der Waals surface area contributed by atoms with Gasteiger partial charge in [0.15, 0.2) is 0 Å². The van der Waals surface area contributed by atoms with Gasteiger partial charge in [-0.25, -0.2) is 0 Å². The van der Waals surface area contributed by atoms with Gasteiger partial charge in [-0.2, -0.15) is 0 Å². The maximum absolute atomic E-state index is 11.9. The summed E-state index contributed by atoms with van der Waals surface area (Å²) in [6.07, 6.45) is 8.71. The molecule has 1 atom stereocenters. The summed E-state index contributed by atoms with van der Waals surface area (Å²) in [5.41, 5.74) is 1.68. The summed E-state index contributed by atoms with van der Waals surface area (Å²) in [6, 6.07) is 0. The first-order chi connectivity index (χ1) is 8.85. The summed E-state index contributed by atoms with van der Waals surface area (Å²) in [7, 11) is 0. The van der Waals surface area contributed by atoms with Gasteiger partial charge in [-0.1, -0.05) is 52.2 Å². The van der Waals surface area contributed by atoms with Crippen LogP contribution in [-0.2, 0) is 9.53 Å². The Morgan fingerprint density at radius 2 is 1.95 bits per heavy atom. The molecular weight excluding hydrogens is 236 g/mol. The summed E-state index contributed by atoms with van der Waals surface area (Å²) < 4.78 is 5.16. The van der Waals surface area contributed by atoms with Gasteiger partial charge < -0.3 is 4.74 Å². The van der Waals surface area contributed by atoms with E-state index in [1.807, 2.05) is 6.92 Å². The smallest absolute Gasteiger partial charge is 0.306 e. The molecule has 1 aliphatic rings. The molecule has 0 aromatic carbocycles. The zero-order valence-electron chi connectivity index (χ0n) is 13.3. The van der Waals surface area contributed by atoms with Crippen LogP contribution in [-0.4, -0.2) is 12.6 Å². The molecule has 0 heterocycles. The second-order valence-electron chi connectivity index (χ2n) is 6.69. The molecule has 0 aromatic rings. The van der Waals surface area contributed by atoms with Crippen molar-refractivity contribution in [2.45, 2.75) is 73.1 Å². The molecule has 0 saturated heterocycles. The summed E-state index contributed by atoms with van der Waals surface area (Å²) in [5, 5.41) is 0. The van der Waals surface area contributed by atoms with Crippen molar-refractivity contribution >= 4 is 5.97 Å². The molecule has 0 radical (unpaired) electrons. The Bertz CT molecular complexity index is 341. The molecule has 1 aliphatic carbocycles. The van der Waals surface area contributed by atoms with E-state index < -0.39 is 0 Å². The molecule has 0 aliphatic heterocycles. The summed E-state index contributed by atoms with van der Waals surface area (Å²) in [4.78, 5) is 11.9. The number of carbonyl (C=O) groups is 1. The highest BCUT2D eigenvalue weighted by atomic mass is 16.5. The van der Waals surface area contributed by atoms with Crippen molar-refractivity contribution in [2.24, 2.45) is 10.8 Å². The van der Waals surface area contributed by atoms with Gasteiger partial charge in [-0.3, -0.25) is 4.79 Å². The molecule has 1 fully saturated rings. The fourth-order valence-electron chi connectivity index (χ4n) is 3.53. The number of esters is 1. The number of ether oxygens (including phenoxy) is 1. The molecule has 2 heteroatoms. The van der Waals surface area contributed by atoms with Crippen LogP contribution in [0.4, 0.5) is 0 Å². The minimum Gasteiger partial charge on any atom is -0.466 e. The van der Waals surface area contributed by atoms with Crippen molar-refractivity contribution in [3.63, 3.8) is 0 Å². The number of allylic oxidation sites excluding steroid dienone is 2. The topological polar surface area (TPSA) is 26.3 Å². The van der Waals surface area contributed by atoms with Crippen LogP contribution in [0.2, 0.25) is 0 Å². The predicted octanol–water partition coefficient (Wildman–Crippen LogP) is 4.88. The summed E-state index contributed by atoms with van der Waals surface area (Å²) in [5.74, 6) is -0.0508. The number of hydrogen-bond donors (Lipinski definition) is 0. The highest BCUT2D eigenvalue weighted by Crippen LogP contribution is 2.52. The SMILES string of the molecule is CCCC=C1C(C)(C)CCCC1(C)CC(=O)OCC. The van der Waals surface area contributed by atoms with E-state index in [4.69, 9.17) is 4.74 Å². The minimum absolute atomic E-state index is 0.0107. The van der Waals surface area contributed by atoms with Crippen molar-refractivity contribution in [3.05, 3.63) is 11.6 Å². The molecule has 110 valence electrons. The van der Waals surface area contributed by atoms with Crippen LogP contribution >= 0.6 is 0 Å². The van der Waals surface area contributed by atoms with Crippen LogP contribution in [0, 0.1) is 10.8 Å². The first-order valence-corrected chi connectivity index (χ1v) is 7.72. The number of rotatable bonds is 5. The molecule has 19 heavy (non-hydrogen) atoms. The van der Waals surface area contributed by atoms with Gasteiger partial charge in [-0.15, -0.1) is 0 Å². The lowest BCUT2D eigenvalue weighted by Crippen LogP contribution is -2.36. The molecule has 0 aromatic heterocycles. The van der Waals surface area contributed by atoms with Gasteiger partial charge in [0.05, 0.1) is 13.0 Å². The lowest BCUT2D eigenvalue weighted by molar-refractivity contribution is -0.145. The Labute approximate surface area is 118 Å². The van der Waals surface area contributed by atoms with Crippen LogP contribution in [0.3, 0.4) is 0 Å². The summed E-state index contributed by atoms with van der Waals surface area (Å²) >= 11 is 0. The van der Waals surface area contributed by atoms with E-state index in [0.29, 0.717) is 13.0 Å². The number of unbranched alkanes of at least 4 members (excludes halogenated alkanes) is 1. The van der Waals surface area contributed by atoms with Gasteiger partial charge in [0.1, 0.15) is 0 Å². The number of hydrogen-bond acceptors (Lipinski definition) is 2. The molecule has 0 N–H and O–H groups in total. The fraction of sp³-hybridized carbons (Fsp3) is 0.824. The van der Waals surface area contributed by atoms with Crippen molar-refractivity contribution in [3.8, 4) is 0 Å². The summed E-state index contributed by atoms with van der Waals surface area (Å²) in [6.45, 7) is 11.4. The molecule has 1 unspecified atom stereocenters. The van der Waals surface area contributed by atoms with Gasteiger partial charge in [0, 0.05) is 0 Å². The molecule has 1 rings (SSSR count). The van der Waals surface area contributed by atoms with E-state index in [1.165, 1.54) is 18.4 Å². The average molecular weight is 266 g/mol. The monoisotopic (exact) mass is 266 g/mol. The third-order valence-corrected chi connectivity index (χ3v) is 4.39. The van der Waals surface area contributed by atoms with E-state index in [9.17, 15) is 4.79 Å². The van der Waals surface area contributed by atoms with E-state index in [-0.39, 0.29) is 16.8 Å². The minimum atomic E-state index is -0.0508. The predicted molar refractivity (Wildman–Crippen MR) is 80.0 cm³/mol. The standard InChI is InChI=1S/C17H30O2/c1-6-8-10-14-16(3,4)11-9-12-17(14,5)13-15(18)19-7-2/h10H,6-9,11-13H2,1-5H3. The second kappa shape index (κ2) is 6.58. The van der Waals surface area contributed by atoms with Gasteiger partial charge in [0.2, 0.25) is 0 Å². The van der Waals surface area contributed by atoms with Gasteiger partial charge >= 0.3 is 5.97 Å². The van der Waals surface area contributed by atoms with Crippen LogP contribution < -0.4 is 0 Å². The van der Waals surface area contributed by atoms with E-state index in [2.05, 4.69) is 33.8 Å². The van der Waals surface area contributed by atoms with Crippen molar-refractivity contribution in [2.75, 3.05) is 6.61 Å². The first-order valence-electron chi connectivity index (χ1n) is 7.72. The van der Waals surface area contributed by atoms with E-state index in [0.717, 1.165) is 19.3 Å². The molecule has 0 amide bonds. The van der Waals surface area contributed by atoms with Gasteiger partial charge in [-0.05, 0) is 37.0 Å². The average Bonchev–Trinajstić information content (AvgIpc) is 2.27. The van der Waals surface area contributed by atoms with Crippen molar-refractivity contribution in [1.29, 1.82) is 0 Å². The maximum Gasteiger partial charge on any atom is 0.306 e. The molecule has 0 spiro atoms. The molecule has 2 nitrogen and oxygen atoms in total. The van der Waals surface area contributed by atoms with Crippen molar-refractivity contribution in [1.82, 2.24) is 0 Å². The highest BCUT2D eigenvalue weighted by Gasteiger charge is 2.42. The second-order valence-corrected chi connectivity index (χ2v) is 6.69. The van der Waals surface area contributed by atoms with Crippen LogP contribution in [0.15, 0.2) is 11.6 Å².